The van der Waals surface area contributed by atoms with Crippen LogP contribution in [0.3, 0.4) is 0 Å². The third-order valence-corrected chi connectivity index (χ3v) is 6.77. The fourth-order valence-electron chi connectivity index (χ4n) is 2.64. The zero-order valence-electron chi connectivity index (χ0n) is 16.8. The predicted octanol–water partition coefficient (Wildman–Crippen LogP) is 6.29. The number of benzene rings is 2. The molecule has 32 heavy (non-hydrogen) atoms. The van der Waals surface area contributed by atoms with Crippen molar-refractivity contribution in [2.75, 3.05) is 12.4 Å². The summed E-state index contributed by atoms with van der Waals surface area (Å²) >= 11 is 14.5. The zero-order valence-corrected chi connectivity index (χ0v) is 20.0. The molecule has 1 amide bonds. The van der Waals surface area contributed by atoms with Crippen LogP contribution in [0.5, 0.6) is 5.75 Å². The minimum Gasteiger partial charge on any atom is -0.497 e. The summed E-state index contributed by atoms with van der Waals surface area (Å²) in [5, 5.41) is 13.9. The summed E-state index contributed by atoms with van der Waals surface area (Å²) in [6.07, 6.45) is 0. The quantitative estimate of drug-likeness (QED) is 0.294. The van der Waals surface area contributed by atoms with E-state index < -0.39 is 5.25 Å². The number of thiazole rings is 1. The van der Waals surface area contributed by atoms with Gasteiger partial charge in [-0.25, -0.2) is 4.98 Å². The Bertz CT molecular complexity index is 1240. The van der Waals surface area contributed by atoms with Crippen LogP contribution >= 0.6 is 46.3 Å². The number of rotatable bonds is 7. The van der Waals surface area contributed by atoms with Gasteiger partial charge in [-0.3, -0.25) is 4.79 Å². The number of anilines is 1. The molecule has 0 saturated carbocycles. The van der Waals surface area contributed by atoms with Gasteiger partial charge in [0.25, 0.3) is 5.22 Å². The van der Waals surface area contributed by atoms with Crippen molar-refractivity contribution in [2.45, 2.75) is 17.4 Å². The van der Waals surface area contributed by atoms with Crippen molar-refractivity contribution in [3.05, 3.63) is 57.9 Å². The van der Waals surface area contributed by atoms with Crippen LogP contribution in [-0.2, 0) is 4.79 Å². The summed E-state index contributed by atoms with van der Waals surface area (Å²) in [4.78, 5) is 17.1. The molecule has 0 spiro atoms. The molecule has 164 valence electrons. The first kappa shape index (κ1) is 22.6. The molecule has 11 heteroatoms. The molecule has 0 radical (unpaired) electrons. The van der Waals surface area contributed by atoms with Crippen LogP contribution in [-0.4, -0.2) is 33.4 Å². The molecule has 1 atom stereocenters. The molecule has 0 aliphatic heterocycles. The molecule has 0 fully saturated rings. The Kier molecular flexibility index (Phi) is 7.00. The standard InChI is InChI=1S/C21H16Cl2N4O3S2/c1-11(32-21-27-26-19(30-21)12-3-6-14(29-2)7-4-12)18(28)25-20-24-17(10-31-20)13-5-8-15(22)16(23)9-13/h3-11H,1-2H3,(H,24,25,28). The molecule has 2 heterocycles. The normalized spacial score (nSPS) is 11.9. The SMILES string of the molecule is COc1ccc(-c2nnc(SC(C)C(=O)Nc3nc(-c4ccc(Cl)c(Cl)c4)cs3)o2)cc1. The van der Waals surface area contributed by atoms with E-state index in [9.17, 15) is 4.79 Å². The predicted molar refractivity (Wildman–Crippen MR) is 128 cm³/mol. The number of amides is 1. The van der Waals surface area contributed by atoms with Crippen molar-refractivity contribution in [2.24, 2.45) is 0 Å². The van der Waals surface area contributed by atoms with Crippen LogP contribution in [0.2, 0.25) is 10.0 Å². The summed E-state index contributed by atoms with van der Waals surface area (Å²) < 4.78 is 10.8. The smallest absolute Gasteiger partial charge is 0.277 e. The van der Waals surface area contributed by atoms with E-state index in [0.29, 0.717) is 32.0 Å². The fourth-order valence-corrected chi connectivity index (χ4v) is 4.34. The van der Waals surface area contributed by atoms with Crippen molar-refractivity contribution >= 4 is 57.3 Å². The number of carbonyl (C=O) groups is 1. The first-order valence-electron chi connectivity index (χ1n) is 9.29. The lowest BCUT2D eigenvalue weighted by molar-refractivity contribution is -0.115. The van der Waals surface area contributed by atoms with E-state index in [1.165, 1.54) is 23.1 Å². The van der Waals surface area contributed by atoms with Crippen molar-refractivity contribution in [1.29, 1.82) is 0 Å². The lowest BCUT2D eigenvalue weighted by Gasteiger charge is -2.07. The van der Waals surface area contributed by atoms with Crippen molar-refractivity contribution in [3.63, 3.8) is 0 Å². The third-order valence-electron chi connectivity index (χ3n) is 4.34. The van der Waals surface area contributed by atoms with Crippen LogP contribution < -0.4 is 10.1 Å². The highest BCUT2D eigenvalue weighted by molar-refractivity contribution is 8.00. The first-order chi connectivity index (χ1) is 15.4. The minimum atomic E-state index is -0.475. The summed E-state index contributed by atoms with van der Waals surface area (Å²) in [5.41, 5.74) is 2.28. The van der Waals surface area contributed by atoms with E-state index in [-0.39, 0.29) is 5.91 Å². The van der Waals surface area contributed by atoms with Gasteiger partial charge in [0, 0.05) is 16.5 Å². The number of hydrogen-bond donors (Lipinski definition) is 1. The maximum absolute atomic E-state index is 12.6. The molecule has 2 aromatic heterocycles. The molecule has 0 saturated heterocycles. The number of nitrogens with one attached hydrogen (secondary N) is 1. The lowest BCUT2D eigenvalue weighted by atomic mass is 10.2. The summed E-state index contributed by atoms with van der Waals surface area (Å²) in [5.74, 6) is 0.876. The second-order valence-electron chi connectivity index (χ2n) is 6.52. The number of ether oxygens (including phenoxy) is 1. The Morgan fingerprint density at radius 1 is 1.12 bits per heavy atom. The highest BCUT2D eigenvalue weighted by atomic mass is 35.5. The van der Waals surface area contributed by atoms with E-state index in [0.717, 1.165) is 16.9 Å². The van der Waals surface area contributed by atoms with Crippen molar-refractivity contribution in [3.8, 4) is 28.5 Å². The topological polar surface area (TPSA) is 90.1 Å². The van der Waals surface area contributed by atoms with E-state index >= 15 is 0 Å². The molecule has 0 aliphatic carbocycles. The summed E-state index contributed by atoms with van der Waals surface area (Å²) in [7, 11) is 1.60. The molecule has 0 bridgehead atoms. The molecule has 0 aliphatic rings. The Morgan fingerprint density at radius 2 is 1.88 bits per heavy atom. The Hall–Kier alpha value is -2.59. The van der Waals surface area contributed by atoms with Gasteiger partial charge in [-0.15, -0.1) is 21.5 Å². The van der Waals surface area contributed by atoms with E-state index in [1.807, 2.05) is 35.7 Å². The third kappa shape index (κ3) is 5.24. The van der Waals surface area contributed by atoms with E-state index in [4.69, 9.17) is 32.4 Å². The van der Waals surface area contributed by atoms with Gasteiger partial charge in [0.05, 0.1) is 28.1 Å². The Morgan fingerprint density at radius 3 is 2.59 bits per heavy atom. The van der Waals surface area contributed by atoms with Crippen molar-refractivity contribution in [1.82, 2.24) is 15.2 Å². The number of methoxy groups -OCH3 is 1. The number of nitrogens with zero attached hydrogens (tertiary/aromatic N) is 3. The summed E-state index contributed by atoms with van der Waals surface area (Å²) in [6.45, 7) is 1.75. The molecule has 4 rings (SSSR count). The Labute approximate surface area is 202 Å². The van der Waals surface area contributed by atoms with Gasteiger partial charge in [0.15, 0.2) is 5.13 Å². The minimum absolute atomic E-state index is 0.228. The monoisotopic (exact) mass is 506 g/mol. The van der Waals surface area contributed by atoms with Crippen LogP contribution in [0.15, 0.2) is 57.5 Å². The molecular formula is C21H16Cl2N4O3S2. The molecule has 7 nitrogen and oxygen atoms in total. The number of hydrogen-bond acceptors (Lipinski definition) is 8. The largest absolute Gasteiger partial charge is 0.497 e. The van der Waals surface area contributed by atoms with Crippen LogP contribution in [0, 0.1) is 0 Å². The van der Waals surface area contributed by atoms with Crippen LogP contribution in [0.1, 0.15) is 6.92 Å². The van der Waals surface area contributed by atoms with E-state index in [1.54, 1.807) is 26.2 Å². The lowest BCUT2D eigenvalue weighted by Crippen LogP contribution is -2.22. The highest BCUT2D eigenvalue weighted by Crippen LogP contribution is 2.31. The van der Waals surface area contributed by atoms with Gasteiger partial charge < -0.3 is 14.5 Å². The second kappa shape index (κ2) is 9.91. The van der Waals surface area contributed by atoms with E-state index in [2.05, 4.69) is 20.5 Å². The Balaban J connectivity index is 1.38. The molecule has 4 aromatic rings. The molecule has 2 aromatic carbocycles. The van der Waals surface area contributed by atoms with Gasteiger partial charge in [-0.2, -0.15) is 0 Å². The highest BCUT2D eigenvalue weighted by Gasteiger charge is 2.20. The van der Waals surface area contributed by atoms with Crippen molar-refractivity contribution < 1.29 is 13.9 Å². The first-order valence-corrected chi connectivity index (χ1v) is 11.8. The summed E-state index contributed by atoms with van der Waals surface area (Å²) in [6, 6.07) is 12.5. The van der Waals surface area contributed by atoms with Crippen LogP contribution in [0.25, 0.3) is 22.7 Å². The maximum atomic E-state index is 12.6. The maximum Gasteiger partial charge on any atom is 0.277 e. The molecular weight excluding hydrogens is 491 g/mol. The average Bonchev–Trinajstić information content (AvgIpc) is 3.45. The van der Waals surface area contributed by atoms with Gasteiger partial charge in [0.1, 0.15) is 5.75 Å². The molecule has 1 N–H and O–H groups in total. The number of aromatic nitrogens is 3. The van der Waals surface area contributed by atoms with Gasteiger partial charge in [-0.1, -0.05) is 41.0 Å². The van der Waals surface area contributed by atoms with Gasteiger partial charge in [0.2, 0.25) is 11.8 Å². The fraction of sp³-hybridized carbons (Fsp3) is 0.143. The number of carbonyl (C=O) groups excluding carboxylic acids is 1. The van der Waals surface area contributed by atoms with Gasteiger partial charge >= 0.3 is 0 Å². The number of halogens is 2. The second-order valence-corrected chi connectivity index (χ2v) is 9.48. The zero-order chi connectivity index (χ0) is 22.7. The molecule has 1 unspecified atom stereocenters. The van der Waals surface area contributed by atoms with Gasteiger partial charge in [-0.05, 0) is 43.3 Å². The average molecular weight is 507 g/mol. The van der Waals surface area contributed by atoms with Crippen LogP contribution in [0.4, 0.5) is 5.13 Å². The number of thioether (sulfide) groups is 1.